The SMILES string of the molecule is CCn1cc(CN2CCN(C(=S)Nc3ccc([N+](=O)[O-])cc3OC)CC2)c(C)n1. The lowest BCUT2D eigenvalue weighted by molar-refractivity contribution is -0.384. The molecular formula is C19H26N6O3S. The molecule has 1 aromatic heterocycles. The van der Waals surface area contributed by atoms with Gasteiger partial charge in [0, 0.05) is 57.1 Å². The topological polar surface area (TPSA) is 88.7 Å². The Labute approximate surface area is 175 Å². The van der Waals surface area contributed by atoms with Crippen LogP contribution in [0.1, 0.15) is 18.2 Å². The monoisotopic (exact) mass is 418 g/mol. The third-order valence-electron chi connectivity index (χ3n) is 5.06. The second-order valence-corrected chi connectivity index (χ2v) is 7.32. The number of benzene rings is 1. The number of nitrogens with zero attached hydrogens (tertiary/aromatic N) is 5. The van der Waals surface area contributed by atoms with Crippen LogP contribution in [0.5, 0.6) is 5.75 Å². The molecule has 0 spiro atoms. The van der Waals surface area contributed by atoms with E-state index in [1.165, 1.54) is 24.8 Å². The number of piperazine rings is 1. The Bertz CT molecular complexity index is 892. The van der Waals surface area contributed by atoms with Crippen molar-refractivity contribution in [2.24, 2.45) is 0 Å². The highest BCUT2D eigenvalue weighted by Gasteiger charge is 2.21. The molecule has 0 saturated carbocycles. The third kappa shape index (κ3) is 5.01. The molecule has 1 aliphatic heterocycles. The van der Waals surface area contributed by atoms with Crippen molar-refractivity contribution in [1.29, 1.82) is 0 Å². The molecule has 1 aliphatic rings. The van der Waals surface area contributed by atoms with E-state index in [1.54, 1.807) is 6.07 Å². The summed E-state index contributed by atoms with van der Waals surface area (Å²) in [6, 6.07) is 4.44. The number of aryl methyl sites for hydroxylation is 2. The van der Waals surface area contributed by atoms with E-state index in [0.29, 0.717) is 16.5 Å². The Morgan fingerprint density at radius 1 is 1.34 bits per heavy atom. The molecule has 0 aliphatic carbocycles. The van der Waals surface area contributed by atoms with Gasteiger partial charge in [-0.1, -0.05) is 0 Å². The number of anilines is 1. The Morgan fingerprint density at radius 2 is 2.07 bits per heavy atom. The Balaban J connectivity index is 1.56. The Hall–Kier alpha value is -2.72. The molecule has 1 saturated heterocycles. The van der Waals surface area contributed by atoms with Crippen LogP contribution in [-0.2, 0) is 13.1 Å². The van der Waals surface area contributed by atoms with Crippen LogP contribution >= 0.6 is 12.2 Å². The minimum absolute atomic E-state index is 0.0198. The summed E-state index contributed by atoms with van der Waals surface area (Å²) >= 11 is 5.55. The van der Waals surface area contributed by atoms with Crippen molar-refractivity contribution < 1.29 is 9.66 Å². The first-order valence-electron chi connectivity index (χ1n) is 9.55. The lowest BCUT2D eigenvalue weighted by Gasteiger charge is -2.36. The first-order chi connectivity index (χ1) is 13.9. The predicted molar refractivity (Wildman–Crippen MR) is 115 cm³/mol. The first-order valence-corrected chi connectivity index (χ1v) is 9.95. The van der Waals surface area contributed by atoms with Gasteiger partial charge in [-0.2, -0.15) is 5.10 Å². The van der Waals surface area contributed by atoms with Crippen LogP contribution in [0.4, 0.5) is 11.4 Å². The van der Waals surface area contributed by atoms with Gasteiger partial charge >= 0.3 is 0 Å². The summed E-state index contributed by atoms with van der Waals surface area (Å²) in [6.07, 6.45) is 2.12. The molecular weight excluding hydrogens is 392 g/mol. The van der Waals surface area contributed by atoms with Crippen LogP contribution in [0.3, 0.4) is 0 Å². The number of hydrogen-bond donors (Lipinski definition) is 1. The average Bonchev–Trinajstić information content (AvgIpc) is 3.08. The average molecular weight is 419 g/mol. The van der Waals surface area contributed by atoms with Crippen molar-refractivity contribution in [2.45, 2.75) is 26.9 Å². The first kappa shape index (κ1) is 21.0. The maximum absolute atomic E-state index is 10.9. The van der Waals surface area contributed by atoms with E-state index >= 15 is 0 Å². The summed E-state index contributed by atoms with van der Waals surface area (Å²) in [7, 11) is 1.48. The number of nitro benzene ring substituents is 1. The van der Waals surface area contributed by atoms with E-state index in [1.807, 2.05) is 11.6 Å². The standard InChI is InChI=1S/C19H26N6O3S/c1-4-24-13-15(14(2)21-24)12-22-7-9-23(10-8-22)19(29)20-17-6-5-16(25(26)27)11-18(17)28-3/h5-6,11,13H,4,7-10,12H2,1-3H3,(H,20,29). The van der Waals surface area contributed by atoms with Gasteiger partial charge < -0.3 is 15.0 Å². The van der Waals surface area contributed by atoms with Gasteiger partial charge in [-0.05, 0) is 32.1 Å². The van der Waals surface area contributed by atoms with Crippen molar-refractivity contribution in [3.05, 3.63) is 45.8 Å². The van der Waals surface area contributed by atoms with Crippen molar-refractivity contribution in [3.63, 3.8) is 0 Å². The van der Waals surface area contributed by atoms with E-state index in [2.05, 4.69) is 33.3 Å². The highest BCUT2D eigenvalue weighted by molar-refractivity contribution is 7.80. The van der Waals surface area contributed by atoms with Crippen LogP contribution in [0, 0.1) is 17.0 Å². The molecule has 3 rings (SSSR count). The molecule has 0 bridgehead atoms. The van der Waals surface area contributed by atoms with Gasteiger partial charge in [-0.15, -0.1) is 0 Å². The quantitative estimate of drug-likeness (QED) is 0.435. The predicted octanol–water partition coefficient (Wildman–Crippen LogP) is 2.64. The number of thiocarbonyl (C=S) groups is 1. The van der Waals surface area contributed by atoms with Gasteiger partial charge in [-0.3, -0.25) is 19.7 Å². The number of rotatable bonds is 6. The van der Waals surface area contributed by atoms with E-state index in [-0.39, 0.29) is 5.69 Å². The zero-order chi connectivity index (χ0) is 21.0. The molecule has 1 N–H and O–H groups in total. The third-order valence-corrected chi connectivity index (χ3v) is 5.42. The molecule has 2 heterocycles. The zero-order valence-electron chi connectivity index (χ0n) is 16.9. The van der Waals surface area contributed by atoms with Gasteiger partial charge in [0.1, 0.15) is 5.75 Å². The summed E-state index contributed by atoms with van der Waals surface area (Å²) < 4.78 is 7.24. The van der Waals surface area contributed by atoms with Crippen LogP contribution < -0.4 is 10.1 Å². The Morgan fingerprint density at radius 3 is 2.66 bits per heavy atom. The van der Waals surface area contributed by atoms with E-state index in [9.17, 15) is 10.1 Å². The highest BCUT2D eigenvalue weighted by Crippen LogP contribution is 2.29. The molecule has 156 valence electrons. The molecule has 1 aromatic carbocycles. The van der Waals surface area contributed by atoms with Gasteiger partial charge in [0.25, 0.3) is 5.69 Å². The number of methoxy groups -OCH3 is 1. The van der Waals surface area contributed by atoms with Crippen LogP contribution in [0.25, 0.3) is 0 Å². The highest BCUT2D eigenvalue weighted by atomic mass is 32.1. The van der Waals surface area contributed by atoms with Crippen molar-refractivity contribution in [1.82, 2.24) is 19.6 Å². The lowest BCUT2D eigenvalue weighted by Crippen LogP contribution is -2.49. The fourth-order valence-electron chi connectivity index (χ4n) is 3.32. The molecule has 0 unspecified atom stereocenters. The summed E-state index contributed by atoms with van der Waals surface area (Å²) in [5, 5.41) is 19.2. The van der Waals surface area contributed by atoms with Crippen molar-refractivity contribution in [2.75, 3.05) is 38.6 Å². The molecule has 0 radical (unpaired) electrons. The summed E-state index contributed by atoms with van der Waals surface area (Å²) in [6.45, 7) is 9.31. The fraction of sp³-hybridized carbons (Fsp3) is 0.474. The van der Waals surface area contributed by atoms with Gasteiger partial charge in [0.2, 0.25) is 0 Å². The largest absolute Gasteiger partial charge is 0.494 e. The molecule has 2 aromatic rings. The molecule has 9 nitrogen and oxygen atoms in total. The minimum atomic E-state index is -0.449. The fourth-order valence-corrected chi connectivity index (χ4v) is 3.61. The van der Waals surface area contributed by atoms with Crippen LogP contribution in [-0.4, -0.2) is 62.9 Å². The minimum Gasteiger partial charge on any atom is -0.494 e. The Kier molecular flexibility index (Phi) is 6.65. The summed E-state index contributed by atoms with van der Waals surface area (Å²) in [5.41, 5.74) is 2.94. The molecule has 0 atom stereocenters. The summed E-state index contributed by atoms with van der Waals surface area (Å²) in [4.78, 5) is 15.0. The van der Waals surface area contributed by atoms with Crippen molar-refractivity contribution in [3.8, 4) is 5.75 Å². The lowest BCUT2D eigenvalue weighted by atomic mass is 10.2. The normalized spacial score (nSPS) is 14.7. The van der Waals surface area contributed by atoms with Gasteiger partial charge in [0.15, 0.2) is 5.11 Å². The number of nitro groups is 1. The van der Waals surface area contributed by atoms with Crippen molar-refractivity contribution >= 4 is 28.7 Å². The van der Waals surface area contributed by atoms with Crippen LogP contribution in [0.15, 0.2) is 24.4 Å². The van der Waals surface area contributed by atoms with Crippen LogP contribution in [0.2, 0.25) is 0 Å². The molecule has 0 amide bonds. The smallest absolute Gasteiger partial charge is 0.273 e. The van der Waals surface area contributed by atoms with Gasteiger partial charge in [-0.25, -0.2) is 0 Å². The maximum Gasteiger partial charge on any atom is 0.273 e. The zero-order valence-corrected chi connectivity index (χ0v) is 17.7. The summed E-state index contributed by atoms with van der Waals surface area (Å²) in [5.74, 6) is 0.392. The number of non-ortho nitro benzene ring substituents is 1. The van der Waals surface area contributed by atoms with E-state index in [0.717, 1.165) is 45.0 Å². The number of nitrogens with one attached hydrogen (secondary N) is 1. The maximum atomic E-state index is 10.9. The van der Waals surface area contributed by atoms with Gasteiger partial charge in [0.05, 0.1) is 29.5 Å². The molecule has 10 heteroatoms. The second-order valence-electron chi connectivity index (χ2n) is 6.93. The number of hydrogen-bond acceptors (Lipinski definition) is 6. The van der Waals surface area contributed by atoms with E-state index in [4.69, 9.17) is 17.0 Å². The molecule has 29 heavy (non-hydrogen) atoms. The van der Waals surface area contributed by atoms with E-state index < -0.39 is 4.92 Å². The second kappa shape index (κ2) is 9.19. The molecule has 1 fully saturated rings. The number of aromatic nitrogens is 2. The number of ether oxygens (including phenoxy) is 1.